The molecule has 2 nitrogen and oxygen atoms in total. The van der Waals surface area contributed by atoms with Crippen LogP contribution in [0.1, 0.15) is 15.9 Å². The fourth-order valence-electron chi connectivity index (χ4n) is 1.50. The van der Waals surface area contributed by atoms with Crippen molar-refractivity contribution < 1.29 is 4.79 Å². The molecule has 2 rings (SSSR count). The second-order valence-electron chi connectivity index (χ2n) is 3.08. The van der Waals surface area contributed by atoms with Crippen LogP contribution in [0.4, 0.5) is 0 Å². The Balaban J connectivity index is 2.97. The van der Waals surface area contributed by atoms with Gasteiger partial charge in [-0.1, -0.05) is 11.6 Å². The van der Waals surface area contributed by atoms with Crippen LogP contribution in [0.15, 0.2) is 12.3 Å². The van der Waals surface area contributed by atoms with E-state index in [0.717, 1.165) is 26.3 Å². The van der Waals surface area contributed by atoms with E-state index in [0.29, 0.717) is 10.6 Å². The summed E-state index contributed by atoms with van der Waals surface area (Å²) in [7, 11) is 0. The van der Waals surface area contributed by atoms with Gasteiger partial charge >= 0.3 is 0 Å². The van der Waals surface area contributed by atoms with E-state index in [4.69, 9.17) is 11.6 Å². The van der Waals surface area contributed by atoms with Gasteiger partial charge in [-0.15, -0.1) is 0 Å². The van der Waals surface area contributed by atoms with Crippen LogP contribution in [0, 0.1) is 10.5 Å². The molecule has 0 fully saturated rings. The summed E-state index contributed by atoms with van der Waals surface area (Å²) < 4.78 is 1.10. The lowest BCUT2D eigenvalue weighted by Crippen LogP contribution is -1.84. The Kier molecular flexibility index (Phi) is 2.53. The van der Waals surface area contributed by atoms with Crippen LogP contribution in [-0.2, 0) is 0 Å². The largest absolute Gasteiger partial charge is 0.360 e. The summed E-state index contributed by atoms with van der Waals surface area (Å²) in [6.07, 6.45) is 2.50. The Labute approximate surface area is 99.8 Å². The first-order valence-electron chi connectivity index (χ1n) is 4.06. The first-order chi connectivity index (χ1) is 6.65. The van der Waals surface area contributed by atoms with Gasteiger partial charge in [0, 0.05) is 20.7 Å². The molecule has 0 spiro atoms. The number of carbonyl (C=O) groups excluding carboxylic acids is 1. The van der Waals surface area contributed by atoms with Gasteiger partial charge in [0.1, 0.15) is 0 Å². The van der Waals surface area contributed by atoms with Crippen LogP contribution in [0.25, 0.3) is 10.9 Å². The zero-order valence-electron chi connectivity index (χ0n) is 7.40. The Morgan fingerprint density at radius 1 is 1.57 bits per heavy atom. The van der Waals surface area contributed by atoms with E-state index in [2.05, 4.69) is 27.6 Å². The fourth-order valence-corrected chi connectivity index (χ4v) is 2.57. The van der Waals surface area contributed by atoms with Crippen LogP contribution in [0.2, 0.25) is 5.02 Å². The van der Waals surface area contributed by atoms with E-state index in [9.17, 15) is 4.79 Å². The standard InChI is InChI=1S/C10H7ClINO/c1-5-8(12)2-7(11)9-6(4-14)3-13-10(5)9/h2-4,13H,1H3. The van der Waals surface area contributed by atoms with Crippen molar-refractivity contribution in [1.29, 1.82) is 0 Å². The summed E-state index contributed by atoms with van der Waals surface area (Å²) in [6.45, 7) is 2.01. The number of fused-ring (bicyclic) bond motifs is 1. The summed E-state index contributed by atoms with van der Waals surface area (Å²) in [5.41, 5.74) is 2.69. The second-order valence-corrected chi connectivity index (χ2v) is 4.65. The maximum Gasteiger partial charge on any atom is 0.152 e. The molecule has 0 unspecified atom stereocenters. The molecule has 1 aromatic carbocycles. The lowest BCUT2D eigenvalue weighted by molar-refractivity contribution is 0.112. The Bertz CT molecular complexity index is 518. The number of hydrogen-bond donors (Lipinski definition) is 1. The number of halogens is 2. The van der Waals surface area contributed by atoms with E-state index in [1.54, 1.807) is 6.20 Å². The van der Waals surface area contributed by atoms with Gasteiger partial charge in [0.15, 0.2) is 6.29 Å². The van der Waals surface area contributed by atoms with Gasteiger partial charge in [0.2, 0.25) is 0 Å². The van der Waals surface area contributed by atoms with Crippen LogP contribution in [0.3, 0.4) is 0 Å². The first kappa shape index (κ1) is 9.98. The maximum absolute atomic E-state index is 10.7. The highest BCUT2D eigenvalue weighted by atomic mass is 127. The van der Waals surface area contributed by atoms with E-state index in [1.807, 2.05) is 13.0 Å². The molecule has 1 aromatic heterocycles. The van der Waals surface area contributed by atoms with Gasteiger partial charge < -0.3 is 4.98 Å². The Hall–Kier alpha value is -0.550. The van der Waals surface area contributed by atoms with E-state index in [1.165, 1.54) is 0 Å². The minimum absolute atomic E-state index is 0.615. The predicted octanol–water partition coefficient (Wildman–Crippen LogP) is 3.55. The maximum atomic E-state index is 10.7. The highest BCUT2D eigenvalue weighted by Crippen LogP contribution is 2.31. The van der Waals surface area contributed by atoms with Gasteiger partial charge in [-0.25, -0.2) is 0 Å². The molecule has 72 valence electrons. The van der Waals surface area contributed by atoms with Crippen LogP contribution < -0.4 is 0 Å². The Morgan fingerprint density at radius 2 is 2.29 bits per heavy atom. The quantitative estimate of drug-likeness (QED) is 0.633. The van der Waals surface area contributed by atoms with E-state index in [-0.39, 0.29) is 0 Å². The average molecular weight is 320 g/mol. The molecule has 0 saturated carbocycles. The van der Waals surface area contributed by atoms with Gasteiger partial charge in [-0.05, 0) is 41.1 Å². The van der Waals surface area contributed by atoms with Crippen LogP contribution in [0.5, 0.6) is 0 Å². The van der Waals surface area contributed by atoms with Gasteiger partial charge in [0.25, 0.3) is 0 Å². The number of H-pyrrole nitrogens is 1. The molecule has 4 heteroatoms. The molecule has 0 radical (unpaired) electrons. The number of hydrogen-bond acceptors (Lipinski definition) is 1. The molecule has 0 aliphatic heterocycles. The van der Waals surface area contributed by atoms with Gasteiger partial charge in [0.05, 0.1) is 10.5 Å². The average Bonchev–Trinajstić information content (AvgIpc) is 2.58. The number of aromatic amines is 1. The second kappa shape index (κ2) is 3.55. The first-order valence-corrected chi connectivity index (χ1v) is 5.51. The number of aromatic nitrogens is 1. The lowest BCUT2D eigenvalue weighted by Gasteiger charge is -2.02. The third kappa shape index (κ3) is 1.35. The molecule has 0 atom stereocenters. The molecular weight excluding hydrogens is 312 g/mol. The SMILES string of the molecule is Cc1c(I)cc(Cl)c2c(C=O)c[nH]c12. The van der Waals surface area contributed by atoms with Gasteiger partial charge in [-0.3, -0.25) is 4.79 Å². The molecule has 2 aromatic rings. The monoisotopic (exact) mass is 319 g/mol. The van der Waals surface area contributed by atoms with Crippen LogP contribution >= 0.6 is 34.2 Å². The van der Waals surface area contributed by atoms with Crippen molar-refractivity contribution in [1.82, 2.24) is 4.98 Å². The van der Waals surface area contributed by atoms with Crippen molar-refractivity contribution in [3.05, 3.63) is 32.0 Å². The summed E-state index contributed by atoms with van der Waals surface area (Å²) in [6, 6.07) is 1.88. The highest BCUT2D eigenvalue weighted by molar-refractivity contribution is 14.1. The predicted molar refractivity (Wildman–Crippen MR) is 66.2 cm³/mol. The highest BCUT2D eigenvalue weighted by Gasteiger charge is 2.11. The molecule has 1 heterocycles. The zero-order valence-corrected chi connectivity index (χ0v) is 10.3. The molecule has 1 N–H and O–H groups in total. The molecule has 0 aliphatic rings. The molecule has 0 bridgehead atoms. The van der Waals surface area contributed by atoms with E-state index >= 15 is 0 Å². The van der Waals surface area contributed by atoms with E-state index < -0.39 is 0 Å². The Morgan fingerprint density at radius 3 is 2.93 bits per heavy atom. The molecule has 0 amide bonds. The minimum atomic E-state index is 0.615. The number of aldehydes is 1. The summed E-state index contributed by atoms with van der Waals surface area (Å²) >= 11 is 8.30. The number of carbonyl (C=O) groups is 1. The van der Waals surface area contributed by atoms with Crippen molar-refractivity contribution in [2.45, 2.75) is 6.92 Å². The minimum Gasteiger partial charge on any atom is -0.360 e. The number of nitrogens with one attached hydrogen (secondary N) is 1. The van der Waals surface area contributed by atoms with Crippen molar-refractivity contribution in [3.63, 3.8) is 0 Å². The third-order valence-corrected chi connectivity index (χ3v) is 3.68. The lowest BCUT2D eigenvalue weighted by atomic mass is 10.1. The molecular formula is C10H7ClINO. The van der Waals surface area contributed by atoms with Crippen molar-refractivity contribution >= 4 is 51.4 Å². The van der Waals surface area contributed by atoms with Crippen molar-refractivity contribution in [2.75, 3.05) is 0 Å². The molecule has 0 aliphatic carbocycles. The van der Waals surface area contributed by atoms with Crippen molar-refractivity contribution in [3.8, 4) is 0 Å². The normalized spacial score (nSPS) is 10.8. The fraction of sp³-hybridized carbons (Fsp3) is 0.100. The van der Waals surface area contributed by atoms with Gasteiger partial charge in [-0.2, -0.15) is 0 Å². The topological polar surface area (TPSA) is 32.9 Å². The zero-order chi connectivity index (χ0) is 10.3. The molecule has 0 saturated heterocycles. The third-order valence-electron chi connectivity index (χ3n) is 2.26. The molecule has 14 heavy (non-hydrogen) atoms. The van der Waals surface area contributed by atoms with Crippen LogP contribution in [-0.4, -0.2) is 11.3 Å². The summed E-state index contributed by atoms with van der Waals surface area (Å²) in [4.78, 5) is 13.8. The summed E-state index contributed by atoms with van der Waals surface area (Å²) in [5, 5.41) is 1.44. The smallest absolute Gasteiger partial charge is 0.152 e. The number of rotatable bonds is 1. The number of benzene rings is 1. The van der Waals surface area contributed by atoms with Crippen molar-refractivity contribution in [2.24, 2.45) is 0 Å². The summed E-state index contributed by atoms with van der Waals surface area (Å²) in [5.74, 6) is 0. The number of aryl methyl sites for hydroxylation is 1.